The molecule has 0 spiro atoms. The molecule has 2 aliphatic rings. The van der Waals surface area contributed by atoms with Gasteiger partial charge < -0.3 is 15.0 Å². The van der Waals surface area contributed by atoms with Crippen molar-refractivity contribution in [1.82, 2.24) is 10.2 Å². The van der Waals surface area contributed by atoms with Crippen LogP contribution in [0.25, 0.3) is 0 Å². The van der Waals surface area contributed by atoms with Gasteiger partial charge in [0.15, 0.2) is 0 Å². The molecule has 0 aromatic heterocycles. The van der Waals surface area contributed by atoms with E-state index in [2.05, 4.69) is 31.3 Å². The number of nitrogens with zero attached hydrogens (tertiary/aromatic N) is 1. The molecule has 0 aliphatic carbocycles. The predicted octanol–water partition coefficient (Wildman–Crippen LogP) is 2.80. The molecule has 3 atom stereocenters. The maximum atomic E-state index is 12.8. The maximum absolute atomic E-state index is 12.8. The number of ether oxygens (including phenoxy) is 1. The fraction of sp³-hybridized carbons (Fsp3) is 0.611. The monoisotopic (exact) mass is 370 g/mol. The van der Waals surface area contributed by atoms with E-state index in [1.807, 2.05) is 28.8 Å². The second kappa shape index (κ2) is 9.09. The molecule has 2 aliphatic heterocycles. The zero-order valence-corrected chi connectivity index (χ0v) is 16.0. The first-order chi connectivity index (χ1) is 11.1. The van der Waals surface area contributed by atoms with Crippen molar-refractivity contribution in [3.63, 3.8) is 0 Å². The zero-order valence-electron chi connectivity index (χ0n) is 14.4. The van der Waals surface area contributed by atoms with E-state index in [1.165, 1.54) is 11.1 Å². The molecular weight excluding hydrogens is 344 g/mol. The van der Waals surface area contributed by atoms with Gasteiger partial charge in [0.1, 0.15) is 6.10 Å². The smallest absolute Gasteiger partial charge is 0.224 e. The molecule has 3 unspecified atom stereocenters. The van der Waals surface area contributed by atoms with Crippen LogP contribution in [0.4, 0.5) is 0 Å². The Hall–Kier alpha value is -0.750. The van der Waals surface area contributed by atoms with Crippen molar-refractivity contribution in [3.8, 4) is 0 Å². The summed E-state index contributed by atoms with van der Waals surface area (Å²) in [5.41, 5.74) is 2.42. The summed E-state index contributed by atoms with van der Waals surface area (Å²) >= 11 is 1.93. The molecule has 0 bridgehead atoms. The van der Waals surface area contributed by atoms with Crippen molar-refractivity contribution >= 4 is 30.1 Å². The minimum atomic E-state index is -0.00922. The van der Waals surface area contributed by atoms with Gasteiger partial charge in [-0.3, -0.25) is 4.79 Å². The summed E-state index contributed by atoms with van der Waals surface area (Å²) in [4.78, 5) is 14.8. The zero-order chi connectivity index (χ0) is 16.2. The second-order valence-corrected chi connectivity index (χ2v) is 7.65. The fourth-order valence-corrected chi connectivity index (χ4v) is 4.27. The lowest BCUT2D eigenvalue weighted by molar-refractivity contribution is -0.145. The summed E-state index contributed by atoms with van der Waals surface area (Å²) in [7, 11) is 0. The lowest BCUT2D eigenvalue weighted by Gasteiger charge is -2.39. The number of carbonyl (C=O) groups is 1. The molecule has 4 nitrogen and oxygen atoms in total. The number of rotatable bonds is 3. The quantitative estimate of drug-likeness (QED) is 0.888. The van der Waals surface area contributed by atoms with Crippen molar-refractivity contribution in [2.24, 2.45) is 0 Å². The van der Waals surface area contributed by atoms with Gasteiger partial charge in [-0.25, -0.2) is 0 Å². The lowest BCUT2D eigenvalue weighted by atomic mass is 10.0. The lowest BCUT2D eigenvalue weighted by Crippen LogP contribution is -2.50. The Balaban J connectivity index is 0.00000208. The molecule has 0 saturated carbocycles. The van der Waals surface area contributed by atoms with Gasteiger partial charge >= 0.3 is 0 Å². The SMILES string of the molecule is Cc1ccccc1C1CN(C(=O)CC2CSCCN2)C(C)CO1.Cl. The molecule has 0 radical (unpaired) electrons. The maximum Gasteiger partial charge on any atom is 0.224 e. The standard InChI is InChI=1S/C18H26N2O2S.ClH/c1-13-5-3-4-6-16(13)17-10-20(14(2)11-22-17)18(21)9-15-12-23-8-7-19-15;/h3-6,14-15,17,19H,7-12H2,1-2H3;1H. The Labute approximate surface area is 155 Å². The summed E-state index contributed by atoms with van der Waals surface area (Å²) in [6.45, 7) is 6.45. The highest BCUT2D eigenvalue weighted by Crippen LogP contribution is 2.27. The number of aryl methyl sites for hydroxylation is 1. The fourth-order valence-electron chi connectivity index (χ4n) is 3.32. The number of nitrogens with one attached hydrogen (secondary N) is 1. The van der Waals surface area contributed by atoms with Gasteiger partial charge in [0.05, 0.1) is 19.2 Å². The van der Waals surface area contributed by atoms with Crippen LogP contribution in [0.15, 0.2) is 24.3 Å². The third kappa shape index (κ3) is 4.66. The molecule has 2 fully saturated rings. The first-order valence-corrected chi connectivity index (χ1v) is 9.58. The Morgan fingerprint density at radius 1 is 1.42 bits per heavy atom. The summed E-state index contributed by atoms with van der Waals surface area (Å²) in [6.07, 6.45) is 0.586. The van der Waals surface area contributed by atoms with Gasteiger partial charge in [0.25, 0.3) is 0 Å². The molecular formula is C18H27ClN2O2S. The minimum Gasteiger partial charge on any atom is -0.370 e. The summed E-state index contributed by atoms with van der Waals surface area (Å²) < 4.78 is 6.01. The van der Waals surface area contributed by atoms with E-state index >= 15 is 0 Å². The molecule has 2 saturated heterocycles. The Kier molecular flexibility index (Phi) is 7.41. The summed E-state index contributed by atoms with van der Waals surface area (Å²) in [5.74, 6) is 2.43. The molecule has 24 heavy (non-hydrogen) atoms. The van der Waals surface area contributed by atoms with E-state index in [4.69, 9.17) is 4.74 Å². The van der Waals surface area contributed by atoms with Crippen molar-refractivity contribution in [3.05, 3.63) is 35.4 Å². The number of hydrogen-bond donors (Lipinski definition) is 1. The Morgan fingerprint density at radius 2 is 2.21 bits per heavy atom. The molecule has 2 heterocycles. The molecule has 1 aromatic rings. The number of benzene rings is 1. The molecule has 1 aromatic carbocycles. The van der Waals surface area contributed by atoms with Gasteiger partial charge in [-0.15, -0.1) is 12.4 Å². The van der Waals surface area contributed by atoms with E-state index in [9.17, 15) is 4.79 Å². The van der Waals surface area contributed by atoms with E-state index in [0.29, 0.717) is 25.6 Å². The third-order valence-electron chi connectivity index (χ3n) is 4.71. The van der Waals surface area contributed by atoms with Crippen molar-refractivity contribution in [2.45, 2.75) is 38.5 Å². The van der Waals surface area contributed by atoms with Crippen LogP contribution in [0.3, 0.4) is 0 Å². The van der Waals surface area contributed by atoms with Crippen LogP contribution >= 0.6 is 24.2 Å². The van der Waals surface area contributed by atoms with Crippen LogP contribution < -0.4 is 5.32 Å². The van der Waals surface area contributed by atoms with Gasteiger partial charge in [-0.05, 0) is 25.0 Å². The largest absolute Gasteiger partial charge is 0.370 e. The van der Waals surface area contributed by atoms with E-state index in [1.54, 1.807) is 0 Å². The minimum absolute atomic E-state index is 0. The molecule has 134 valence electrons. The van der Waals surface area contributed by atoms with Crippen LogP contribution in [0.5, 0.6) is 0 Å². The van der Waals surface area contributed by atoms with Crippen molar-refractivity contribution < 1.29 is 9.53 Å². The first-order valence-electron chi connectivity index (χ1n) is 8.43. The normalized spacial score (nSPS) is 27.4. The number of carbonyl (C=O) groups excluding carboxylic acids is 1. The number of morpholine rings is 1. The average molecular weight is 371 g/mol. The first kappa shape index (κ1) is 19.6. The van der Waals surface area contributed by atoms with E-state index < -0.39 is 0 Å². The summed E-state index contributed by atoms with van der Waals surface area (Å²) in [5, 5.41) is 3.46. The highest BCUT2D eigenvalue weighted by Gasteiger charge is 2.32. The Morgan fingerprint density at radius 3 is 2.92 bits per heavy atom. The van der Waals surface area contributed by atoms with E-state index in [0.717, 1.165) is 18.1 Å². The number of hydrogen-bond acceptors (Lipinski definition) is 4. The second-order valence-electron chi connectivity index (χ2n) is 6.50. The predicted molar refractivity (Wildman–Crippen MR) is 102 cm³/mol. The topological polar surface area (TPSA) is 41.6 Å². The van der Waals surface area contributed by atoms with Gasteiger partial charge in [-0.2, -0.15) is 11.8 Å². The highest BCUT2D eigenvalue weighted by molar-refractivity contribution is 7.99. The third-order valence-corrected chi connectivity index (χ3v) is 5.84. The van der Waals surface area contributed by atoms with Gasteiger partial charge in [0.2, 0.25) is 5.91 Å². The van der Waals surface area contributed by atoms with Crippen LogP contribution in [0.1, 0.15) is 30.6 Å². The van der Waals surface area contributed by atoms with Gasteiger partial charge in [0, 0.05) is 30.5 Å². The van der Waals surface area contributed by atoms with Crippen LogP contribution in [0.2, 0.25) is 0 Å². The van der Waals surface area contributed by atoms with Crippen LogP contribution in [-0.2, 0) is 9.53 Å². The molecule has 6 heteroatoms. The summed E-state index contributed by atoms with van der Waals surface area (Å²) in [6, 6.07) is 8.76. The number of thioether (sulfide) groups is 1. The van der Waals surface area contributed by atoms with E-state index in [-0.39, 0.29) is 30.5 Å². The highest BCUT2D eigenvalue weighted by atomic mass is 35.5. The average Bonchev–Trinajstić information content (AvgIpc) is 2.57. The molecule has 1 amide bonds. The van der Waals surface area contributed by atoms with Crippen molar-refractivity contribution in [2.75, 3.05) is 31.2 Å². The van der Waals surface area contributed by atoms with Gasteiger partial charge in [-0.1, -0.05) is 24.3 Å². The van der Waals surface area contributed by atoms with Crippen molar-refractivity contribution in [1.29, 1.82) is 0 Å². The molecule has 3 rings (SSSR count). The molecule has 1 N–H and O–H groups in total. The van der Waals surface area contributed by atoms with Crippen LogP contribution in [0, 0.1) is 6.92 Å². The number of amides is 1. The Bertz CT molecular complexity index is 552. The van der Waals surface area contributed by atoms with Crippen LogP contribution in [-0.4, -0.2) is 54.1 Å². The number of halogens is 1.